The number of hydrogen-bond acceptors (Lipinski definition) is 4. The van der Waals surface area contributed by atoms with E-state index in [2.05, 4.69) is 11.8 Å². The van der Waals surface area contributed by atoms with Crippen LogP contribution in [0.15, 0.2) is 23.1 Å². The second kappa shape index (κ2) is 6.54. The van der Waals surface area contributed by atoms with E-state index in [0.29, 0.717) is 12.8 Å². The molecule has 1 saturated heterocycles. The molecular formula is C14H16FNO4S. The van der Waals surface area contributed by atoms with E-state index in [-0.39, 0.29) is 23.5 Å². The predicted molar refractivity (Wildman–Crippen MR) is 74.4 cm³/mol. The van der Waals surface area contributed by atoms with Crippen molar-refractivity contribution in [1.82, 2.24) is 4.31 Å². The largest absolute Gasteiger partial charge is 0.393 e. The predicted octanol–water partition coefficient (Wildman–Crippen LogP) is 0.315. The van der Waals surface area contributed by atoms with Crippen LogP contribution in [0, 0.1) is 17.7 Å². The lowest BCUT2D eigenvalue weighted by Gasteiger charge is -2.28. The highest BCUT2D eigenvalue weighted by atomic mass is 32.2. The third-order valence-corrected chi connectivity index (χ3v) is 5.20. The summed E-state index contributed by atoms with van der Waals surface area (Å²) in [6, 6.07) is 3.51. The smallest absolute Gasteiger partial charge is 0.243 e. The van der Waals surface area contributed by atoms with E-state index in [9.17, 15) is 17.9 Å². The van der Waals surface area contributed by atoms with Gasteiger partial charge in [-0.2, -0.15) is 4.31 Å². The molecular weight excluding hydrogens is 297 g/mol. The molecule has 0 unspecified atom stereocenters. The molecule has 0 aliphatic carbocycles. The first-order valence-electron chi connectivity index (χ1n) is 6.52. The fourth-order valence-electron chi connectivity index (χ4n) is 2.12. The van der Waals surface area contributed by atoms with Crippen LogP contribution in [0.1, 0.15) is 18.4 Å². The van der Waals surface area contributed by atoms with Crippen LogP contribution in [0.4, 0.5) is 4.39 Å². The summed E-state index contributed by atoms with van der Waals surface area (Å²) in [7, 11) is -3.76. The highest BCUT2D eigenvalue weighted by molar-refractivity contribution is 7.89. The van der Waals surface area contributed by atoms with Crippen molar-refractivity contribution in [2.45, 2.75) is 23.8 Å². The van der Waals surface area contributed by atoms with Gasteiger partial charge in [0.1, 0.15) is 12.4 Å². The van der Waals surface area contributed by atoms with Gasteiger partial charge in [-0.15, -0.1) is 0 Å². The minimum atomic E-state index is -3.76. The topological polar surface area (TPSA) is 77.8 Å². The van der Waals surface area contributed by atoms with Gasteiger partial charge < -0.3 is 10.2 Å². The number of rotatable bonds is 2. The molecule has 0 aromatic heterocycles. The minimum Gasteiger partial charge on any atom is -0.393 e. The minimum absolute atomic E-state index is 0.0390. The normalized spacial score (nSPS) is 17.3. The molecule has 0 saturated carbocycles. The maximum Gasteiger partial charge on any atom is 0.243 e. The molecule has 0 radical (unpaired) electrons. The van der Waals surface area contributed by atoms with Crippen LogP contribution in [-0.2, 0) is 10.0 Å². The zero-order chi connectivity index (χ0) is 15.5. The van der Waals surface area contributed by atoms with Crippen molar-refractivity contribution in [3.05, 3.63) is 29.6 Å². The van der Waals surface area contributed by atoms with Crippen LogP contribution in [0.3, 0.4) is 0 Å². The lowest BCUT2D eigenvalue weighted by molar-refractivity contribution is 0.113. The lowest BCUT2D eigenvalue weighted by atomic mass is 10.1. The zero-order valence-electron chi connectivity index (χ0n) is 11.3. The van der Waals surface area contributed by atoms with Crippen LogP contribution < -0.4 is 0 Å². The quantitative estimate of drug-likeness (QED) is 0.771. The summed E-state index contributed by atoms with van der Waals surface area (Å²) in [5.41, 5.74) is 0.0390. The van der Waals surface area contributed by atoms with Gasteiger partial charge in [0, 0.05) is 13.1 Å². The van der Waals surface area contributed by atoms with Crippen molar-refractivity contribution in [1.29, 1.82) is 0 Å². The molecule has 0 bridgehead atoms. The molecule has 2 rings (SSSR count). The van der Waals surface area contributed by atoms with Crippen molar-refractivity contribution < 1.29 is 23.0 Å². The van der Waals surface area contributed by atoms with Crippen LogP contribution >= 0.6 is 0 Å². The Bertz CT molecular complexity index is 670. The van der Waals surface area contributed by atoms with E-state index >= 15 is 0 Å². The maximum atomic E-state index is 13.8. The SMILES string of the molecule is O=S(=O)(c1ccc(C#CCO)c(F)c1)N1CCC(O)CC1. The number of aliphatic hydroxyl groups excluding tert-OH is 2. The lowest BCUT2D eigenvalue weighted by Crippen LogP contribution is -2.40. The van der Waals surface area contributed by atoms with Crippen LogP contribution in [0.5, 0.6) is 0 Å². The van der Waals surface area contributed by atoms with Gasteiger partial charge in [-0.3, -0.25) is 0 Å². The monoisotopic (exact) mass is 313 g/mol. The number of sulfonamides is 1. The number of benzene rings is 1. The average Bonchev–Trinajstić information content (AvgIpc) is 2.46. The Labute approximate surface area is 123 Å². The van der Waals surface area contributed by atoms with E-state index in [1.807, 2.05) is 0 Å². The van der Waals surface area contributed by atoms with Gasteiger partial charge >= 0.3 is 0 Å². The molecule has 0 atom stereocenters. The molecule has 1 aromatic rings. The molecule has 1 aromatic carbocycles. The molecule has 1 aliphatic heterocycles. The average molecular weight is 313 g/mol. The van der Waals surface area contributed by atoms with Crippen LogP contribution in [0.2, 0.25) is 0 Å². The fourth-order valence-corrected chi connectivity index (χ4v) is 3.61. The van der Waals surface area contributed by atoms with E-state index in [4.69, 9.17) is 5.11 Å². The summed E-state index contributed by atoms with van der Waals surface area (Å²) in [6.45, 7) is 0.0456. The molecule has 114 valence electrons. The third kappa shape index (κ3) is 3.60. The van der Waals surface area contributed by atoms with Gasteiger partial charge in [-0.05, 0) is 31.0 Å². The summed E-state index contributed by atoms with van der Waals surface area (Å²) >= 11 is 0. The summed E-state index contributed by atoms with van der Waals surface area (Å²) in [6.07, 6.45) is 0.271. The van der Waals surface area contributed by atoms with E-state index in [1.165, 1.54) is 16.4 Å². The number of hydrogen-bond donors (Lipinski definition) is 2. The van der Waals surface area contributed by atoms with Gasteiger partial charge in [0.05, 0.1) is 16.6 Å². The van der Waals surface area contributed by atoms with Gasteiger partial charge in [0.25, 0.3) is 0 Å². The molecule has 1 heterocycles. The highest BCUT2D eigenvalue weighted by Gasteiger charge is 2.29. The fraction of sp³-hybridized carbons (Fsp3) is 0.429. The van der Waals surface area contributed by atoms with Crippen molar-refractivity contribution in [2.24, 2.45) is 0 Å². The first-order chi connectivity index (χ1) is 9.95. The summed E-state index contributed by atoms with van der Waals surface area (Å²) in [5, 5.41) is 18.0. The zero-order valence-corrected chi connectivity index (χ0v) is 12.1. The Balaban J connectivity index is 2.26. The number of aliphatic hydroxyl groups is 2. The highest BCUT2D eigenvalue weighted by Crippen LogP contribution is 2.22. The third-order valence-electron chi connectivity index (χ3n) is 3.30. The summed E-state index contributed by atoms with van der Waals surface area (Å²) in [5.74, 6) is 3.98. The second-order valence-corrected chi connectivity index (χ2v) is 6.67. The Morgan fingerprint density at radius 2 is 2.00 bits per heavy atom. The van der Waals surface area contributed by atoms with E-state index in [0.717, 1.165) is 6.07 Å². The first kappa shape index (κ1) is 15.9. The molecule has 1 aliphatic rings. The van der Waals surface area contributed by atoms with Crippen molar-refractivity contribution in [3.8, 4) is 11.8 Å². The number of nitrogens with zero attached hydrogens (tertiary/aromatic N) is 1. The Morgan fingerprint density at radius 1 is 1.33 bits per heavy atom. The van der Waals surface area contributed by atoms with Gasteiger partial charge in [0.2, 0.25) is 10.0 Å². The Morgan fingerprint density at radius 3 is 2.57 bits per heavy atom. The molecule has 0 spiro atoms. The standard InChI is InChI=1S/C14H16FNO4S/c15-14-10-13(4-3-11(14)2-1-9-17)21(19,20)16-7-5-12(18)6-8-16/h3-4,10,12,17-18H,5-9H2. The number of piperidine rings is 1. The summed E-state index contributed by atoms with van der Waals surface area (Å²) in [4.78, 5) is -0.133. The van der Waals surface area contributed by atoms with Crippen molar-refractivity contribution >= 4 is 10.0 Å². The van der Waals surface area contributed by atoms with Crippen molar-refractivity contribution in [2.75, 3.05) is 19.7 Å². The van der Waals surface area contributed by atoms with Crippen LogP contribution in [0.25, 0.3) is 0 Å². The molecule has 5 nitrogen and oxygen atoms in total. The molecule has 1 fully saturated rings. The van der Waals surface area contributed by atoms with E-state index < -0.39 is 28.6 Å². The van der Waals surface area contributed by atoms with E-state index in [1.54, 1.807) is 0 Å². The van der Waals surface area contributed by atoms with Crippen molar-refractivity contribution in [3.63, 3.8) is 0 Å². The molecule has 21 heavy (non-hydrogen) atoms. The first-order valence-corrected chi connectivity index (χ1v) is 7.96. The van der Waals surface area contributed by atoms with Gasteiger partial charge in [-0.1, -0.05) is 11.8 Å². The number of halogens is 1. The van der Waals surface area contributed by atoms with Gasteiger partial charge in [0.15, 0.2) is 0 Å². The Kier molecular flexibility index (Phi) is 4.96. The maximum absolute atomic E-state index is 13.8. The molecule has 2 N–H and O–H groups in total. The Hall–Kier alpha value is -1.46. The second-order valence-electron chi connectivity index (χ2n) is 4.74. The summed E-state index contributed by atoms with van der Waals surface area (Å²) < 4.78 is 39.8. The van der Waals surface area contributed by atoms with Crippen LogP contribution in [-0.4, -0.2) is 48.7 Å². The van der Waals surface area contributed by atoms with Gasteiger partial charge in [-0.25, -0.2) is 12.8 Å². The molecule has 0 amide bonds. The molecule has 7 heteroatoms.